The van der Waals surface area contributed by atoms with E-state index in [4.69, 9.17) is 5.11 Å². The molecule has 1 rings (SSSR count). The fourth-order valence-corrected chi connectivity index (χ4v) is 2.91. The Bertz CT molecular complexity index is 540. The van der Waals surface area contributed by atoms with Crippen molar-refractivity contribution in [2.24, 2.45) is 0 Å². The van der Waals surface area contributed by atoms with Crippen molar-refractivity contribution in [2.75, 3.05) is 17.6 Å². The van der Waals surface area contributed by atoms with Gasteiger partial charge in [-0.25, -0.2) is 8.42 Å². The molecule has 0 radical (unpaired) electrons. The van der Waals surface area contributed by atoms with Gasteiger partial charge in [0, 0.05) is 13.0 Å². The molecule has 0 aliphatic rings. The van der Waals surface area contributed by atoms with Gasteiger partial charge in [-0.05, 0) is 25.0 Å². The van der Waals surface area contributed by atoms with Crippen LogP contribution in [0, 0.1) is 0 Å². The molecule has 112 valence electrons. The van der Waals surface area contributed by atoms with E-state index in [1.54, 1.807) is 31.2 Å². The van der Waals surface area contributed by atoms with E-state index in [9.17, 15) is 13.2 Å². The summed E-state index contributed by atoms with van der Waals surface area (Å²) in [4.78, 5) is 10.7. The van der Waals surface area contributed by atoms with Crippen molar-refractivity contribution >= 4 is 21.5 Å². The lowest BCUT2D eigenvalue weighted by Crippen LogP contribution is -2.10. The maximum atomic E-state index is 11.9. The Balaban J connectivity index is 2.51. The number of nitrogens with one attached hydrogen (secondary N) is 1. The summed E-state index contributed by atoms with van der Waals surface area (Å²) in [5, 5.41) is 11.6. The highest BCUT2D eigenvalue weighted by Gasteiger charge is 2.15. The summed E-state index contributed by atoms with van der Waals surface area (Å²) in [6.45, 7) is 2.26. The highest BCUT2D eigenvalue weighted by Crippen LogP contribution is 2.22. The van der Waals surface area contributed by atoms with Gasteiger partial charge in [-0.2, -0.15) is 0 Å². The van der Waals surface area contributed by atoms with E-state index < -0.39 is 15.8 Å². The third-order valence-corrected chi connectivity index (χ3v) is 4.77. The van der Waals surface area contributed by atoms with Crippen LogP contribution in [0.15, 0.2) is 29.2 Å². The molecular formula is C14H21NO4S. The minimum atomic E-state index is -3.23. The Hall–Kier alpha value is -1.56. The number of para-hydroxylation sites is 1. The van der Waals surface area contributed by atoms with Gasteiger partial charge in [-0.15, -0.1) is 0 Å². The monoisotopic (exact) mass is 299 g/mol. The molecule has 0 unspecified atom stereocenters. The first-order valence-electron chi connectivity index (χ1n) is 6.75. The van der Waals surface area contributed by atoms with Gasteiger partial charge in [0.25, 0.3) is 0 Å². The number of carboxylic acids is 1. The molecule has 0 fully saturated rings. The number of sulfone groups is 1. The predicted octanol–water partition coefficient (Wildman–Crippen LogP) is 2.54. The number of hydrogen-bond donors (Lipinski definition) is 2. The van der Waals surface area contributed by atoms with Crippen LogP contribution >= 0.6 is 0 Å². The molecule has 0 aliphatic heterocycles. The largest absolute Gasteiger partial charge is 0.481 e. The molecule has 20 heavy (non-hydrogen) atoms. The minimum Gasteiger partial charge on any atom is -0.481 e. The third kappa shape index (κ3) is 5.21. The molecule has 2 N–H and O–H groups in total. The van der Waals surface area contributed by atoms with Crippen LogP contribution in [0.1, 0.15) is 32.6 Å². The molecule has 0 heterocycles. The highest BCUT2D eigenvalue weighted by molar-refractivity contribution is 7.91. The summed E-state index contributed by atoms with van der Waals surface area (Å²) in [7, 11) is -3.23. The van der Waals surface area contributed by atoms with Gasteiger partial charge in [-0.1, -0.05) is 25.5 Å². The Kier molecular flexibility index (Phi) is 6.51. The third-order valence-electron chi connectivity index (χ3n) is 2.99. The van der Waals surface area contributed by atoms with Gasteiger partial charge < -0.3 is 10.4 Å². The van der Waals surface area contributed by atoms with Crippen LogP contribution in [0.4, 0.5) is 5.69 Å². The number of carboxylic acid groups (broad SMARTS) is 1. The molecule has 1 aromatic rings. The number of hydrogen-bond acceptors (Lipinski definition) is 4. The van der Waals surface area contributed by atoms with Gasteiger partial charge >= 0.3 is 5.97 Å². The summed E-state index contributed by atoms with van der Waals surface area (Å²) in [6.07, 6.45) is 2.45. The summed E-state index contributed by atoms with van der Waals surface area (Å²) < 4.78 is 23.9. The molecule has 0 saturated carbocycles. The zero-order valence-corrected chi connectivity index (χ0v) is 12.4. The summed E-state index contributed by atoms with van der Waals surface area (Å²) in [5.41, 5.74) is 0.618. The zero-order valence-electron chi connectivity index (χ0n) is 11.6. The molecule has 0 aromatic heterocycles. The highest BCUT2D eigenvalue weighted by atomic mass is 32.2. The topological polar surface area (TPSA) is 83.5 Å². The van der Waals surface area contributed by atoms with Crippen LogP contribution in [0.5, 0.6) is 0 Å². The second kappa shape index (κ2) is 7.89. The van der Waals surface area contributed by atoms with Crippen molar-refractivity contribution in [1.29, 1.82) is 0 Å². The smallest absolute Gasteiger partial charge is 0.303 e. The second-order valence-corrected chi connectivity index (χ2v) is 6.78. The molecular weight excluding hydrogens is 278 g/mol. The number of anilines is 1. The fourth-order valence-electron chi connectivity index (χ4n) is 1.84. The van der Waals surface area contributed by atoms with E-state index in [1.165, 1.54) is 0 Å². The Morgan fingerprint density at radius 3 is 2.55 bits per heavy atom. The van der Waals surface area contributed by atoms with Gasteiger partial charge in [0.15, 0.2) is 9.84 Å². The van der Waals surface area contributed by atoms with Crippen LogP contribution in [-0.4, -0.2) is 31.8 Å². The zero-order chi connectivity index (χ0) is 15.0. The number of rotatable bonds is 9. The van der Waals surface area contributed by atoms with Crippen LogP contribution in [0.2, 0.25) is 0 Å². The first-order chi connectivity index (χ1) is 9.47. The lowest BCUT2D eigenvalue weighted by molar-refractivity contribution is -0.137. The van der Waals surface area contributed by atoms with Gasteiger partial charge in [0.1, 0.15) is 0 Å². The van der Waals surface area contributed by atoms with E-state index in [2.05, 4.69) is 5.32 Å². The van der Waals surface area contributed by atoms with E-state index in [0.29, 0.717) is 23.5 Å². The standard InChI is InChI=1S/C14H21NO4S/c1-2-20(18,19)13-9-6-5-8-12(13)15-11-7-3-4-10-14(16)17/h5-6,8-9,15H,2-4,7,10-11H2,1H3,(H,16,17). The van der Waals surface area contributed by atoms with Crippen LogP contribution in [0.3, 0.4) is 0 Å². The van der Waals surface area contributed by atoms with E-state index >= 15 is 0 Å². The van der Waals surface area contributed by atoms with Crippen molar-refractivity contribution in [1.82, 2.24) is 0 Å². The molecule has 5 nitrogen and oxygen atoms in total. The SMILES string of the molecule is CCS(=O)(=O)c1ccccc1NCCCCCC(=O)O. The normalized spacial score (nSPS) is 11.2. The number of carbonyl (C=O) groups is 1. The molecule has 0 bridgehead atoms. The minimum absolute atomic E-state index is 0.0737. The predicted molar refractivity (Wildman–Crippen MR) is 78.8 cm³/mol. The molecule has 0 spiro atoms. The molecule has 0 aliphatic carbocycles. The molecule has 0 amide bonds. The molecule has 0 atom stereocenters. The van der Waals surface area contributed by atoms with Crippen molar-refractivity contribution in [2.45, 2.75) is 37.5 Å². The second-order valence-electron chi connectivity index (χ2n) is 4.53. The Labute approximate surface area is 119 Å². The lowest BCUT2D eigenvalue weighted by atomic mass is 10.2. The van der Waals surface area contributed by atoms with Crippen LogP contribution < -0.4 is 5.32 Å². The fraction of sp³-hybridized carbons (Fsp3) is 0.500. The first-order valence-corrected chi connectivity index (χ1v) is 8.40. The van der Waals surface area contributed by atoms with Crippen molar-refractivity contribution < 1.29 is 18.3 Å². The maximum absolute atomic E-state index is 11.9. The van der Waals surface area contributed by atoms with Crippen LogP contribution in [0.25, 0.3) is 0 Å². The average Bonchev–Trinajstić information content (AvgIpc) is 2.42. The van der Waals surface area contributed by atoms with Gasteiger partial charge in [-0.3, -0.25) is 4.79 Å². The maximum Gasteiger partial charge on any atom is 0.303 e. The van der Waals surface area contributed by atoms with Crippen molar-refractivity contribution in [3.05, 3.63) is 24.3 Å². The van der Waals surface area contributed by atoms with E-state index in [-0.39, 0.29) is 12.2 Å². The average molecular weight is 299 g/mol. The molecule has 1 aromatic carbocycles. The van der Waals surface area contributed by atoms with Gasteiger partial charge in [0.2, 0.25) is 0 Å². The first kappa shape index (κ1) is 16.5. The summed E-state index contributed by atoms with van der Waals surface area (Å²) >= 11 is 0. The number of unbranched alkanes of at least 4 members (excludes halogenated alkanes) is 2. The lowest BCUT2D eigenvalue weighted by Gasteiger charge is -2.11. The van der Waals surface area contributed by atoms with E-state index in [1.807, 2.05) is 0 Å². The summed E-state index contributed by atoms with van der Waals surface area (Å²) in [6, 6.07) is 6.85. The van der Waals surface area contributed by atoms with Crippen LogP contribution in [-0.2, 0) is 14.6 Å². The quantitative estimate of drug-likeness (QED) is 0.685. The van der Waals surface area contributed by atoms with Crippen molar-refractivity contribution in [3.63, 3.8) is 0 Å². The van der Waals surface area contributed by atoms with Crippen molar-refractivity contribution in [3.8, 4) is 0 Å². The Morgan fingerprint density at radius 1 is 1.20 bits per heavy atom. The summed E-state index contributed by atoms with van der Waals surface area (Å²) in [5.74, 6) is -0.707. The molecule has 6 heteroatoms. The van der Waals surface area contributed by atoms with Gasteiger partial charge in [0.05, 0.1) is 16.3 Å². The number of benzene rings is 1. The Morgan fingerprint density at radius 2 is 1.90 bits per heavy atom. The van der Waals surface area contributed by atoms with E-state index in [0.717, 1.165) is 12.8 Å². The molecule has 0 saturated heterocycles. The number of aliphatic carboxylic acids is 1.